The highest BCUT2D eigenvalue weighted by Gasteiger charge is 2.10. The average Bonchev–Trinajstić information content (AvgIpc) is 2.28. The molecule has 0 aromatic rings. The van der Waals surface area contributed by atoms with Crippen LogP contribution in [0.3, 0.4) is 0 Å². The van der Waals surface area contributed by atoms with Crippen LogP contribution in [0.25, 0.3) is 0 Å². The number of rotatable bonds is 11. The van der Waals surface area contributed by atoms with Crippen LogP contribution in [-0.4, -0.2) is 30.2 Å². The van der Waals surface area contributed by atoms with Gasteiger partial charge in [-0.25, -0.2) is 0 Å². The predicted octanol–water partition coefficient (Wildman–Crippen LogP) is 2.69. The Morgan fingerprint density at radius 1 is 1.19 bits per heavy atom. The molecule has 0 saturated heterocycles. The summed E-state index contributed by atoms with van der Waals surface area (Å²) in [6, 6.07) is -0.00866. The summed E-state index contributed by atoms with van der Waals surface area (Å²) in [7, 11) is 0. The fourth-order valence-electron chi connectivity index (χ4n) is 1.68. The number of amides is 1. The fourth-order valence-corrected chi connectivity index (χ4v) is 1.68. The quantitative estimate of drug-likeness (QED) is 0.308. The van der Waals surface area contributed by atoms with Crippen LogP contribution in [0.1, 0.15) is 58.8 Å². The lowest BCUT2D eigenvalue weighted by Gasteiger charge is -2.22. The molecule has 0 bridgehead atoms. The molecule has 0 aliphatic heterocycles. The molecule has 0 spiro atoms. The number of hydrogen-bond acceptors (Lipinski definition) is 2. The molecule has 0 aliphatic carbocycles. The van der Waals surface area contributed by atoms with Crippen molar-refractivity contribution in [2.24, 2.45) is 0 Å². The van der Waals surface area contributed by atoms with Gasteiger partial charge in [0.1, 0.15) is 6.29 Å². The van der Waals surface area contributed by atoms with E-state index in [4.69, 9.17) is 0 Å². The van der Waals surface area contributed by atoms with Gasteiger partial charge in [-0.2, -0.15) is 0 Å². The summed E-state index contributed by atoms with van der Waals surface area (Å²) in [6.07, 6.45) is 10.4. The van der Waals surface area contributed by atoms with E-state index < -0.39 is 0 Å². The highest BCUT2D eigenvalue weighted by molar-refractivity contribution is 5.54. The molecule has 0 aliphatic rings. The first kappa shape index (κ1) is 15.1. The third-order valence-electron chi connectivity index (χ3n) is 2.84. The van der Waals surface area contributed by atoms with Gasteiger partial charge in [0.15, 0.2) is 0 Å². The third kappa shape index (κ3) is 7.43. The Hall–Kier alpha value is -0.860. The lowest BCUT2D eigenvalue weighted by Crippen LogP contribution is -2.32. The molecule has 0 fully saturated rings. The normalized spacial score (nSPS) is 12.1. The lowest BCUT2D eigenvalue weighted by atomic mass is 10.1. The summed E-state index contributed by atoms with van der Waals surface area (Å²) in [5.74, 6) is 0. The van der Waals surface area contributed by atoms with Gasteiger partial charge in [0, 0.05) is 19.0 Å². The van der Waals surface area contributed by atoms with E-state index >= 15 is 0 Å². The van der Waals surface area contributed by atoms with Crippen LogP contribution in [0.5, 0.6) is 0 Å². The van der Waals surface area contributed by atoms with Gasteiger partial charge in [0.05, 0.1) is 0 Å². The SMILES string of the molecule is CCCCCCCCN([C]=O)C(C)CC=O. The standard InChI is InChI=1S/C13H24NO2/c1-3-4-5-6-7-8-10-14(12-16)13(2)9-11-15/h11,13H,3-10H2,1-2H3. The van der Waals surface area contributed by atoms with Crippen LogP contribution in [-0.2, 0) is 9.59 Å². The zero-order valence-electron chi connectivity index (χ0n) is 10.6. The smallest absolute Gasteiger partial charge is 0.312 e. The molecule has 0 saturated carbocycles. The number of hydrogen-bond donors (Lipinski definition) is 0. The molecular weight excluding hydrogens is 202 g/mol. The summed E-state index contributed by atoms with van der Waals surface area (Å²) < 4.78 is 0. The number of carbonyl (C=O) groups is 1. The van der Waals surface area contributed by atoms with Crippen LogP contribution < -0.4 is 0 Å². The van der Waals surface area contributed by atoms with E-state index in [1.165, 1.54) is 25.7 Å². The molecule has 3 nitrogen and oxygen atoms in total. The largest absolute Gasteiger partial charge is 0.331 e. The van der Waals surface area contributed by atoms with Gasteiger partial charge in [-0.15, -0.1) is 0 Å². The number of nitrogens with zero attached hydrogens (tertiary/aromatic N) is 1. The molecule has 1 amide bonds. The molecule has 0 aromatic heterocycles. The van der Waals surface area contributed by atoms with E-state index in [0.29, 0.717) is 6.42 Å². The molecule has 16 heavy (non-hydrogen) atoms. The number of carbonyl (C=O) groups excluding carboxylic acids is 2. The Bertz CT molecular complexity index is 183. The van der Waals surface area contributed by atoms with Gasteiger partial charge in [0.25, 0.3) is 0 Å². The first-order valence-corrected chi connectivity index (χ1v) is 6.34. The highest BCUT2D eigenvalue weighted by Crippen LogP contribution is 2.07. The third-order valence-corrected chi connectivity index (χ3v) is 2.84. The van der Waals surface area contributed by atoms with Crippen molar-refractivity contribution in [1.82, 2.24) is 4.90 Å². The first-order valence-electron chi connectivity index (χ1n) is 6.34. The Morgan fingerprint density at radius 2 is 1.81 bits per heavy atom. The predicted molar refractivity (Wildman–Crippen MR) is 65.9 cm³/mol. The molecule has 93 valence electrons. The number of aldehydes is 1. The van der Waals surface area contributed by atoms with E-state index in [0.717, 1.165) is 25.7 Å². The minimum atomic E-state index is -0.00866. The van der Waals surface area contributed by atoms with Crippen LogP contribution in [0.4, 0.5) is 0 Å². The monoisotopic (exact) mass is 226 g/mol. The summed E-state index contributed by atoms with van der Waals surface area (Å²) in [6.45, 7) is 4.81. The minimum absolute atomic E-state index is 0.00866. The highest BCUT2D eigenvalue weighted by atomic mass is 16.1. The molecule has 1 radical (unpaired) electrons. The van der Waals surface area contributed by atoms with Crippen molar-refractivity contribution in [3.8, 4) is 0 Å². The summed E-state index contributed by atoms with van der Waals surface area (Å²) >= 11 is 0. The van der Waals surface area contributed by atoms with Crippen LogP contribution in [0.2, 0.25) is 0 Å². The van der Waals surface area contributed by atoms with E-state index in [1.807, 2.05) is 13.3 Å². The molecule has 1 unspecified atom stereocenters. The van der Waals surface area contributed by atoms with Crippen molar-refractivity contribution < 1.29 is 9.59 Å². The topological polar surface area (TPSA) is 37.4 Å². The van der Waals surface area contributed by atoms with E-state index in [2.05, 4.69) is 6.92 Å². The van der Waals surface area contributed by atoms with E-state index in [9.17, 15) is 9.59 Å². The van der Waals surface area contributed by atoms with Gasteiger partial charge in [-0.3, -0.25) is 4.79 Å². The zero-order valence-corrected chi connectivity index (χ0v) is 10.6. The minimum Gasteiger partial charge on any atom is -0.331 e. The molecular formula is C13H24NO2. The average molecular weight is 226 g/mol. The molecule has 1 atom stereocenters. The van der Waals surface area contributed by atoms with Crippen molar-refractivity contribution in [2.75, 3.05) is 6.54 Å². The Balaban J connectivity index is 3.54. The van der Waals surface area contributed by atoms with Crippen LogP contribution in [0, 0.1) is 0 Å². The second-order valence-corrected chi connectivity index (χ2v) is 4.30. The maximum atomic E-state index is 10.7. The van der Waals surface area contributed by atoms with Gasteiger partial charge >= 0.3 is 6.41 Å². The van der Waals surface area contributed by atoms with Gasteiger partial charge in [-0.1, -0.05) is 39.0 Å². The van der Waals surface area contributed by atoms with Crippen molar-refractivity contribution >= 4 is 12.7 Å². The fraction of sp³-hybridized carbons (Fsp3) is 0.846. The van der Waals surface area contributed by atoms with Gasteiger partial charge < -0.3 is 9.69 Å². The summed E-state index contributed by atoms with van der Waals surface area (Å²) in [5, 5.41) is 0. The molecule has 0 aromatic carbocycles. The van der Waals surface area contributed by atoms with E-state index in [1.54, 1.807) is 4.90 Å². The van der Waals surface area contributed by atoms with Crippen molar-refractivity contribution in [3.05, 3.63) is 0 Å². The van der Waals surface area contributed by atoms with Crippen molar-refractivity contribution in [3.63, 3.8) is 0 Å². The molecule has 0 heterocycles. The second-order valence-electron chi connectivity index (χ2n) is 4.30. The molecule has 0 rings (SSSR count). The maximum absolute atomic E-state index is 10.7. The maximum Gasteiger partial charge on any atom is 0.312 e. The molecule has 3 heteroatoms. The Kier molecular flexibility index (Phi) is 10.1. The summed E-state index contributed by atoms with van der Waals surface area (Å²) in [5.41, 5.74) is 0. The zero-order chi connectivity index (χ0) is 12.2. The number of unbranched alkanes of at least 4 members (excludes halogenated alkanes) is 5. The van der Waals surface area contributed by atoms with Crippen molar-refractivity contribution in [2.45, 2.75) is 64.8 Å². The Morgan fingerprint density at radius 3 is 2.38 bits per heavy atom. The van der Waals surface area contributed by atoms with Gasteiger partial charge in [-0.05, 0) is 13.3 Å². The second kappa shape index (κ2) is 10.7. The van der Waals surface area contributed by atoms with Crippen LogP contribution >= 0.6 is 0 Å². The van der Waals surface area contributed by atoms with E-state index in [-0.39, 0.29) is 6.04 Å². The lowest BCUT2D eigenvalue weighted by molar-refractivity contribution is -0.108. The summed E-state index contributed by atoms with van der Waals surface area (Å²) in [4.78, 5) is 22.6. The molecule has 0 N–H and O–H groups in total. The van der Waals surface area contributed by atoms with Crippen LogP contribution in [0.15, 0.2) is 0 Å². The van der Waals surface area contributed by atoms with Crippen molar-refractivity contribution in [1.29, 1.82) is 0 Å². The Labute approximate surface area is 99.2 Å². The first-order chi connectivity index (χ1) is 7.76. The van der Waals surface area contributed by atoms with Gasteiger partial charge in [0.2, 0.25) is 0 Å².